The van der Waals surface area contributed by atoms with Crippen LogP contribution in [-0.2, 0) is 0 Å². The van der Waals surface area contributed by atoms with Crippen molar-refractivity contribution in [1.82, 2.24) is 4.90 Å². The van der Waals surface area contributed by atoms with Crippen molar-refractivity contribution in [3.05, 3.63) is 28.2 Å². The molecular weight excluding hydrogens is 326 g/mol. The number of carboxylic acids is 1. The van der Waals surface area contributed by atoms with E-state index in [4.69, 9.17) is 5.11 Å². The first-order valence-corrected chi connectivity index (χ1v) is 8.32. The highest BCUT2D eigenvalue weighted by molar-refractivity contribution is 9.10. The fourth-order valence-electron chi connectivity index (χ4n) is 2.23. The molecule has 5 heteroatoms. The quantitative estimate of drug-likeness (QED) is 0.827. The van der Waals surface area contributed by atoms with Crippen LogP contribution in [0.1, 0.15) is 29.6 Å². The number of carboxylic acid groups (broad SMARTS) is 1. The van der Waals surface area contributed by atoms with E-state index in [-0.39, 0.29) is 0 Å². The molecule has 0 atom stereocenters. The molecule has 0 bridgehead atoms. The third-order valence-electron chi connectivity index (χ3n) is 3.29. The lowest BCUT2D eigenvalue weighted by Crippen LogP contribution is -2.31. The van der Waals surface area contributed by atoms with Gasteiger partial charge in [-0.25, -0.2) is 4.79 Å². The van der Waals surface area contributed by atoms with Crippen molar-refractivity contribution in [3.63, 3.8) is 0 Å². The van der Waals surface area contributed by atoms with Crippen LogP contribution in [0.2, 0.25) is 0 Å². The van der Waals surface area contributed by atoms with Crippen molar-refractivity contribution in [1.29, 1.82) is 0 Å². The van der Waals surface area contributed by atoms with E-state index in [0.29, 0.717) is 10.0 Å². The summed E-state index contributed by atoms with van der Waals surface area (Å²) < 4.78 is 0.639. The molecule has 1 aromatic rings. The van der Waals surface area contributed by atoms with E-state index in [1.54, 1.807) is 17.8 Å². The zero-order chi connectivity index (χ0) is 13.7. The Morgan fingerprint density at radius 1 is 1.32 bits per heavy atom. The van der Waals surface area contributed by atoms with E-state index in [1.165, 1.54) is 32.4 Å². The highest BCUT2D eigenvalue weighted by atomic mass is 79.9. The van der Waals surface area contributed by atoms with Crippen molar-refractivity contribution in [3.8, 4) is 0 Å². The number of halogens is 1. The van der Waals surface area contributed by atoms with Crippen LogP contribution >= 0.6 is 27.7 Å². The van der Waals surface area contributed by atoms with E-state index in [9.17, 15) is 4.79 Å². The average Bonchev–Trinajstić information content (AvgIpc) is 2.41. The second kappa shape index (κ2) is 7.31. The maximum Gasteiger partial charge on any atom is 0.336 e. The molecule has 1 heterocycles. The summed E-state index contributed by atoms with van der Waals surface area (Å²) in [6.07, 6.45) is 3.98. The number of carbonyl (C=O) groups is 1. The third-order valence-corrected chi connectivity index (χ3v) is 4.96. The van der Waals surface area contributed by atoms with Crippen molar-refractivity contribution in [2.75, 3.05) is 25.4 Å². The van der Waals surface area contributed by atoms with Gasteiger partial charge in [0.05, 0.1) is 5.56 Å². The van der Waals surface area contributed by atoms with Crippen LogP contribution in [0.15, 0.2) is 27.6 Å². The van der Waals surface area contributed by atoms with E-state index in [2.05, 4.69) is 20.8 Å². The van der Waals surface area contributed by atoms with Gasteiger partial charge in [0.25, 0.3) is 0 Å². The second-order valence-electron chi connectivity index (χ2n) is 4.70. The Bertz CT molecular complexity index is 447. The predicted octanol–water partition coefficient (Wildman–Crippen LogP) is 3.73. The fourth-order valence-corrected chi connectivity index (χ4v) is 3.60. The molecule has 0 aromatic heterocycles. The van der Waals surface area contributed by atoms with E-state index < -0.39 is 5.97 Å². The van der Waals surface area contributed by atoms with E-state index >= 15 is 0 Å². The Morgan fingerprint density at radius 3 is 2.74 bits per heavy atom. The van der Waals surface area contributed by atoms with Crippen molar-refractivity contribution < 1.29 is 9.90 Å². The molecule has 0 amide bonds. The summed E-state index contributed by atoms with van der Waals surface area (Å²) in [5, 5.41) is 9.07. The molecule has 1 saturated heterocycles. The molecule has 0 aliphatic carbocycles. The number of thioether (sulfide) groups is 1. The van der Waals surface area contributed by atoms with Gasteiger partial charge in [-0.15, -0.1) is 11.8 Å². The number of benzene rings is 1. The monoisotopic (exact) mass is 343 g/mol. The SMILES string of the molecule is O=C(O)c1cc(SCCN2CCCCC2)ccc1Br. The molecule has 0 radical (unpaired) electrons. The van der Waals surface area contributed by atoms with Crippen LogP contribution in [0.3, 0.4) is 0 Å². The Labute approximate surface area is 126 Å². The largest absolute Gasteiger partial charge is 0.478 e. The lowest BCUT2D eigenvalue weighted by molar-refractivity contribution is 0.0695. The van der Waals surface area contributed by atoms with Gasteiger partial charge in [0.15, 0.2) is 0 Å². The highest BCUT2D eigenvalue weighted by Crippen LogP contribution is 2.25. The molecule has 19 heavy (non-hydrogen) atoms. The fraction of sp³-hybridized carbons (Fsp3) is 0.500. The zero-order valence-corrected chi connectivity index (χ0v) is 13.2. The second-order valence-corrected chi connectivity index (χ2v) is 6.72. The van der Waals surface area contributed by atoms with Gasteiger partial charge in [0, 0.05) is 21.7 Å². The smallest absolute Gasteiger partial charge is 0.336 e. The van der Waals surface area contributed by atoms with Gasteiger partial charge in [-0.3, -0.25) is 0 Å². The summed E-state index contributed by atoms with van der Waals surface area (Å²) in [6, 6.07) is 5.53. The van der Waals surface area contributed by atoms with Crippen LogP contribution in [0, 0.1) is 0 Å². The molecule has 104 valence electrons. The van der Waals surface area contributed by atoms with Gasteiger partial charge in [0.1, 0.15) is 0 Å². The summed E-state index contributed by atoms with van der Waals surface area (Å²) in [5.41, 5.74) is 0.336. The van der Waals surface area contributed by atoms with Gasteiger partial charge >= 0.3 is 5.97 Å². The highest BCUT2D eigenvalue weighted by Gasteiger charge is 2.11. The Kier molecular flexibility index (Phi) is 5.73. The van der Waals surface area contributed by atoms with Crippen molar-refractivity contribution in [2.45, 2.75) is 24.2 Å². The molecule has 1 aromatic carbocycles. The van der Waals surface area contributed by atoms with Crippen molar-refractivity contribution in [2.24, 2.45) is 0 Å². The summed E-state index contributed by atoms with van der Waals surface area (Å²) in [4.78, 5) is 14.6. The van der Waals surface area contributed by atoms with Crippen LogP contribution in [0.4, 0.5) is 0 Å². The van der Waals surface area contributed by atoms with Gasteiger partial charge in [-0.2, -0.15) is 0 Å². The lowest BCUT2D eigenvalue weighted by Gasteiger charge is -2.26. The summed E-state index contributed by atoms with van der Waals surface area (Å²) in [7, 11) is 0. The standard InChI is InChI=1S/C14H18BrNO2S/c15-13-5-4-11(10-12(13)14(17)18)19-9-8-16-6-2-1-3-7-16/h4-5,10H,1-3,6-9H2,(H,17,18). The molecule has 1 aliphatic heterocycles. The molecule has 0 spiro atoms. The normalized spacial score (nSPS) is 16.5. The molecule has 1 fully saturated rings. The molecule has 2 rings (SSSR count). The molecule has 3 nitrogen and oxygen atoms in total. The van der Waals surface area contributed by atoms with Gasteiger partial charge in [0.2, 0.25) is 0 Å². The third kappa shape index (κ3) is 4.51. The first-order chi connectivity index (χ1) is 9.16. The van der Waals surface area contributed by atoms with Crippen LogP contribution in [-0.4, -0.2) is 41.4 Å². The minimum absolute atomic E-state index is 0.336. The maximum atomic E-state index is 11.0. The number of nitrogens with zero attached hydrogens (tertiary/aromatic N) is 1. The van der Waals surface area contributed by atoms with Crippen LogP contribution in [0.5, 0.6) is 0 Å². The zero-order valence-electron chi connectivity index (χ0n) is 10.8. The van der Waals surface area contributed by atoms with Crippen molar-refractivity contribution >= 4 is 33.7 Å². The van der Waals surface area contributed by atoms with E-state index in [0.717, 1.165) is 17.2 Å². The molecular formula is C14H18BrNO2S. The number of piperidine rings is 1. The van der Waals surface area contributed by atoms with E-state index in [1.807, 2.05) is 12.1 Å². The molecule has 1 N–H and O–H groups in total. The maximum absolute atomic E-state index is 11.0. The summed E-state index contributed by atoms with van der Waals surface area (Å²) >= 11 is 4.99. The average molecular weight is 344 g/mol. The lowest BCUT2D eigenvalue weighted by atomic mass is 10.1. The minimum atomic E-state index is -0.884. The Balaban J connectivity index is 1.85. The minimum Gasteiger partial charge on any atom is -0.478 e. The number of likely N-dealkylation sites (tertiary alicyclic amines) is 1. The Morgan fingerprint density at radius 2 is 2.05 bits per heavy atom. The number of aromatic carboxylic acids is 1. The number of hydrogen-bond acceptors (Lipinski definition) is 3. The predicted molar refractivity (Wildman–Crippen MR) is 82.1 cm³/mol. The number of rotatable bonds is 5. The first kappa shape index (κ1) is 14.9. The topological polar surface area (TPSA) is 40.5 Å². The summed E-state index contributed by atoms with van der Waals surface area (Å²) in [6.45, 7) is 3.51. The molecule has 0 unspecified atom stereocenters. The van der Waals surface area contributed by atoms with Crippen LogP contribution in [0.25, 0.3) is 0 Å². The summed E-state index contributed by atoms with van der Waals surface area (Å²) in [5.74, 6) is 0.131. The van der Waals surface area contributed by atoms with Gasteiger partial charge in [-0.1, -0.05) is 6.42 Å². The van der Waals surface area contributed by atoms with Gasteiger partial charge < -0.3 is 10.0 Å². The Hall–Kier alpha value is -0.520. The number of hydrogen-bond donors (Lipinski definition) is 1. The van der Waals surface area contributed by atoms with Gasteiger partial charge in [-0.05, 0) is 60.1 Å². The molecule has 1 aliphatic rings. The molecule has 0 saturated carbocycles. The first-order valence-electron chi connectivity index (χ1n) is 6.55. The van der Waals surface area contributed by atoms with Crippen LogP contribution < -0.4 is 0 Å².